The Balaban J connectivity index is 3.39. The van der Waals surface area contributed by atoms with Gasteiger partial charge in [0.25, 0.3) is 0 Å². The summed E-state index contributed by atoms with van der Waals surface area (Å²) >= 11 is 0. The summed E-state index contributed by atoms with van der Waals surface area (Å²) in [6, 6.07) is 3.75. The normalized spacial score (nSPS) is 10.7. The number of benzene rings is 1. The van der Waals surface area contributed by atoms with Crippen LogP contribution in [0.3, 0.4) is 0 Å². The van der Waals surface area contributed by atoms with Gasteiger partial charge in [0.05, 0.1) is 0 Å². The van der Waals surface area contributed by atoms with Gasteiger partial charge in [0.1, 0.15) is 5.78 Å². The highest BCUT2D eigenvalue weighted by Gasteiger charge is 2.15. The third kappa shape index (κ3) is 3.02. The van der Waals surface area contributed by atoms with E-state index in [0.717, 1.165) is 22.3 Å². The zero-order valence-electron chi connectivity index (χ0n) is 11.3. The Morgan fingerprint density at radius 2 is 1.76 bits per heavy atom. The molecule has 0 N–H and O–H groups in total. The third-order valence-corrected chi connectivity index (χ3v) is 3.00. The van der Waals surface area contributed by atoms with E-state index in [4.69, 9.17) is 0 Å². The zero-order chi connectivity index (χ0) is 13.2. The molecule has 0 aliphatic heterocycles. The van der Waals surface area contributed by atoms with Gasteiger partial charge in [-0.1, -0.05) is 26.0 Å². The Kier molecular flexibility index (Phi) is 4.22. The van der Waals surface area contributed by atoms with E-state index in [9.17, 15) is 9.59 Å². The first-order valence-corrected chi connectivity index (χ1v) is 5.97. The van der Waals surface area contributed by atoms with Crippen LogP contribution in [0.2, 0.25) is 0 Å². The molecule has 17 heavy (non-hydrogen) atoms. The second-order valence-corrected chi connectivity index (χ2v) is 4.90. The molecule has 0 saturated carbocycles. The Labute approximate surface area is 103 Å². The number of carbonyl (C=O) groups is 2. The molecule has 1 aromatic carbocycles. The Morgan fingerprint density at radius 3 is 2.18 bits per heavy atom. The van der Waals surface area contributed by atoms with E-state index in [1.807, 2.05) is 19.1 Å². The van der Waals surface area contributed by atoms with E-state index in [1.54, 1.807) is 13.8 Å². The van der Waals surface area contributed by atoms with Crippen LogP contribution in [0.1, 0.15) is 60.7 Å². The molecule has 0 unspecified atom stereocenters. The van der Waals surface area contributed by atoms with Gasteiger partial charge < -0.3 is 0 Å². The highest BCUT2D eigenvalue weighted by Crippen LogP contribution is 2.27. The molecule has 0 saturated heterocycles. The Hall–Kier alpha value is -1.44. The standard InChI is InChI=1S/C15H20O2/c1-9(2)15-11(4)14(12(5)17)7-6-13(15)8-10(3)16/h6-7,9H,8H2,1-5H3. The van der Waals surface area contributed by atoms with Gasteiger partial charge in [0.2, 0.25) is 0 Å². The average Bonchev–Trinajstić information content (AvgIpc) is 2.15. The summed E-state index contributed by atoms with van der Waals surface area (Å²) in [7, 11) is 0. The first-order valence-electron chi connectivity index (χ1n) is 5.97. The molecule has 0 aliphatic rings. The number of rotatable bonds is 4. The molecule has 1 rings (SSSR count). The van der Waals surface area contributed by atoms with Gasteiger partial charge in [-0.05, 0) is 43.4 Å². The van der Waals surface area contributed by atoms with Crippen LogP contribution in [0.25, 0.3) is 0 Å². The van der Waals surface area contributed by atoms with Crippen molar-refractivity contribution in [1.29, 1.82) is 0 Å². The van der Waals surface area contributed by atoms with Crippen molar-refractivity contribution in [3.8, 4) is 0 Å². The number of ketones is 2. The Bertz CT molecular complexity index is 456. The van der Waals surface area contributed by atoms with E-state index in [1.165, 1.54) is 0 Å². The van der Waals surface area contributed by atoms with Gasteiger partial charge in [-0.25, -0.2) is 0 Å². The lowest BCUT2D eigenvalue weighted by Crippen LogP contribution is -2.08. The summed E-state index contributed by atoms with van der Waals surface area (Å²) in [6.07, 6.45) is 0.451. The van der Waals surface area contributed by atoms with Crippen LogP contribution in [0.4, 0.5) is 0 Å². The molecule has 2 nitrogen and oxygen atoms in total. The molecule has 0 atom stereocenters. The monoisotopic (exact) mass is 232 g/mol. The summed E-state index contributed by atoms with van der Waals surface area (Å²) in [5.74, 6) is 0.560. The van der Waals surface area contributed by atoms with Gasteiger partial charge in [0.15, 0.2) is 5.78 Å². The maximum atomic E-state index is 11.5. The number of carbonyl (C=O) groups excluding carboxylic acids is 2. The average molecular weight is 232 g/mol. The van der Waals surface area contributed by atoms with Crippen molar-refractivity contribution in [3.63, 3.8) is 0 Å². The molecule has 0 radical (unpaired) electrons. The SMILES string of the molecule is CC(=O)Cc1ccc(C(C)=O)c(C)c1C(C)C. The van der Waals surface area contributed by atoms with Crippen molar-refractivity contribution in [2.75, 3.05) is 0 Å². The highest BCUT2D eigenvalue weighted by atomic mass is 16.1. The van der Waals surface area contributed by atoms with Crippen molar-refractivity contribution in [2.24, 2.45) is 0 Å². The van der Waals surface area contributed by atoms with Crippen LogP contribution in [-0.4, -0.2) is 11.6 Å². The van der Waals surface area contributed by atoms with Crippen LogP contribution >= 0.6 is 0 Å². The molecule has 0 fully saturated rings. The fourth-order valence-electron chi connectivity index (χ4n) is 2.39. The minimum Gasteiger partial charge on any atom is -0.300 e. The number of Topliss-reactive ketones (excluding diaryl/α,β-unsaturated/α-hetero) is 2. The van der Waals surface area contributed by atoms with Crippen LogP contribution in [-0.2, 0) is 11.2 Å². The quantitative estimate of drug-likeness (QED) is 0.745. The van der Waals surface area contributed by atoms with Crippen molar-refractivity contribution in [2.45, 2.75) is 47.0 Å². The minimum atomic E-state index is 0.0822. The van der Waals surface area contributed by atoms with Gasteiger partial charge >= 0.3 is 0 Å². The third-order valence-electron chi connectivity index (χ3n) is 3.00. The first kappa shape index (κ1) is 13.6. The predicted octanol–water partition coefficient (Wildman–Crippen LogP) is 3.45. The van der Waals surface area contributed by atoms with Crippen molar-refractivity contribution in [3.05, 3.63) is 34.4 Å². The molecule has 1 aromatic rings. The molecule has 92 valence electrons. The molecular formula is C15H20O2. The number of hydrogen-bond acceptors (Lipinski definition) is 2. The first-order chi connectivity index (χ1) is 7.84. The predicted molar refractivity (Wildman–Crippen MR) is 69.7 cm³/mol. The Morgan fingerprint density at radius 1 is 1.18 bits per heavy atom. The zero-order valence-corrected chi connectivity index (χ0v) is 11.3. The van der Waals surface area contributed by atoms with Crippen molar-refractivity contribution >= 4 is 11.6 Å². The maximum absolute atomic E-state index is 11.5. The van der Waals surface area contributed by atoms with E-state index in [-0.39, 0.29) is 11.6 Å². The molecule has 0 heterocycles. The van der Waals surface area contributed by atoms with E-state index in [0.29, 0.717) is 12.3 Å². The lowest BCUT2D eigenvalue weighted by molar-refractivity contribution is -0.116. The van der Waals surface area contributed by atoms with Gasteiger partial charge in [-0.15, -0.1) is 0 Å². The fourth-order valence-corrected chi connectivity index (χ4v) is 2.39. The van der Waals surface area contributed by atoms with E-state index in [2.05, 4.69) is 13.8 Å². The van der Waals surface area contributed by atoms with Gasteiger partial charge in [-0.3, -0.25) is 9.59 Å². The summed E-state index contributed by atoms with van der Waals surface area (Å²) in [5, 5.41) is 0. The van der Waals surface area contributed by atoms with Crippen LogP contribution < -0.4 is 0 Å². The van der Waals surface area contributed by atoms with E-state index < -0.39 is 0 Å². The fraction of sp³-hybridized carbons (Fsp3) is 0.467. The summed E-state index contributed by atoms with van der Waals surface area (Å²) < 4.78 is 0. The van der Waals surface area contributed by atoms with Crippen molar-refractivity contribution < 1.29 is 9.59 Å². The molecule has 0 amide bonds. The van der Waals surface area contributed by atoms with Gasteiger partial charge in [-0.2, -0.15) is 0 Å². The molecule has 0 aliphatic carbocycles. The molecule has 2 heteroatoms. The highest BCUT2D eigenvalue weighted by molar-refractivity contribution is 5.96. The molecular weight excluding hydrogens is 212 g/mol. The second-order valence-electron chi connectivity index (χ2n) is 4.90. The van der Waals surface area contributed by atoms with E-state index >= 15 is 0 Å². The number of hydrogen-bond donors (Lipinski definition) is 0. The lowest BCUT2D eigenvalue weighted by Gasteiger charge is -2.17. The van der Waals surface area contributed by atoms with Gasteiger partial charge in [0, 0.05) is 12.0 Å². The smallest absolute Gasteiger partial charge is 0.160 e. The second kappa shape index (κ2) is 5.26. The van der Waals surface area contributed by atoms with Crippen LogP contribution in [0.15, 0.2) is 12.1 Å². The van der Waals surface area contributed by atoms with Crippen LogP contribution in [0.5, 0.6) is 0 Å². The lowest BCUT2D eigenvalue weighted by atomic mass is 9.87. The summed E-state index contributed by atoms with van der Waals surface area (Å²) in [6.45, 7) is 9.33. The van der Waals surface area contributed by atoms with Crippen molar-refractivity contribution in [1.82, 2.24) is 0 Å². The van der Waals surface area contributed by atoms with Crippen LogP contribution in [0, 0.1) is 6.92 Å². The molecule has 0 spiro atoms. The minimum absolute atomic E-state index is 0.0822. The topological polar surface area (TPSA) is 34.1 Å². The maximum Gasteiger partial charge on any atom is 0.160 e. The summed E-state index contributed by atoms with van der Waals surface area (Å²) in [4.78, 5) is 22.8. The molecule has 0 aromatic heterocycles. The largest absolute Gasteiger partial charge is 0.300 e. The molecule has 0 bridgehead atoms. The summed E-state index contributed by atoms with van der Waals surface area (Å²) in [5.41, 5.74) is 3.98.